The van der Waals surface area contributed by atoms with Crippen LogP contribution in [-0.4, -0.2) is 43.8 Å². The fraction of sp³-hybridized carbons (Fsp3) is 0.444. The Hall–Kier alpha value is -2.45. The summed E-state index contributed by atoms with van der Waals surface area (Å²) in [6, 6.07) is 0. The van der Waals surface area contributed by atoms with Crippen molar-refractivity contribution in [3.8, 4) is 0 Å². The Morgan fingerprint density at radius 2 is 2.11 bits per heavy atom. The lowest BCUT2D eigenvalue weighted by Gasteiger charge is -2.11. The minimum atomic E-state index is 0.175. The van der Waals surface area contributed by atoms with E-state index >= 15 is 0 Å². The minimum absolute atomic E-state index is 0.175. The van der Waals surface area contributed by atoms with Crippen molar-refractivity contribution >= 4 is 17.8 Å². The number of aromatic nitrogens is 6. The van der Waals surface area contributed by atoms with Crippen LogP contribution in [0.3, 0.4) is 0 Å². The van der Waals surface area contributed by atoms with Gasteiger partial charge in [0.15, 0.2) is 5.82 Å². The number of nitrogens with two attached hydrogens (primary N) is 1. The van der Waals surface area contributed by atoms with Crippen LogP contribution >= 0.6 is 0 Å². The van der Waals surface area contributed by atoms with Gasteiger partial charge in [0.25, 0.3) is 0 Å². The number of nitrogen functional groups attached to an aromatic ring is 1. The quantitative estimate of drug-likeness (QED) is 0.729. The van der Waals surface area contributed by atoms with Crippen LogP contribution in [0, 0.1) is 0 Å². The Morgan fingerprint density at radius 3 is 2.72 bits per heavy atom. The van der Waals surface area contributed by atoms with Gasteiger partial charge in [-0.3, -0.25) is 0 Å². The second-order valence-corrected chi connectivity index (χ2v) is 3.92. The molecule has 0 radical (unpaired) electrons. The van der Waals surface area contributed by atoms with Gasteiger partial charge >= 0.3 is 0 Å². The summed E-state index contributed by atoms with van der Waals surface area (Å²) >= 11 is 0. The maximum Gasteiger partial charge on any atom is 0.231 e. The summed E-state index contributed by atoms with van der Waals surface area (Å²) in [6.45, 7) is 0.465. The largest absolute Gasteiger partial charge is 0.368 e. The van der Waals surface area contributed by atoms with Crippen LogP contribution in [-0.2, 0) is 13.6 Å². The topological polar surface area (TPSA) is 111 Å². The standard InChI is InChI=1S/C9H15N9/c1-17(2)9-14-7(10)13-8(15-9)11-4-6-16-12-5-18(6)3/h5H,4H2,1-3H3,(H3,10,11,13,14,15). The lowest BCUT2D eigenvalue weighted by Crippen LogP contribution is -2.17. The van der Waals surface area contributed by atoms with E-state index in [1.807, 2.05) is 25.7 Å². The Labute approximate surface area is 104 Å². The molecule has 0 bridgehead atoms. The molecule has 0 saturated heterocycles. The zero-order valence-electron chi connectivity index (χ0n) is 10.5. The summed E-state index contributed by atoms with van der Waals surface area (Å²) in [5.41, 5.74) is 5.61. The fourth-order valence-electron chi connectivity index (χ4n) is 1.29. The van der Waals surface area contributed by atoms with Crippen LogP contribution in [0.2, 0.25) is 0 Å². The van der Waals surface area contributed by atoms with Crippen molar-refractivity contribution in [1.29, 1.82) is 0 Å². The van der Waals surface area contributed by atoms with Gasteiger partial charge in [-0.25, -0.2) is 0 Å². The molecule has 2 rings (SSSR count). The normalized spacial score (nSPS) is 10.4. The van der Waals surface area contributed by atoms with Crippen molar-refractivity contribution in [3.63, 3.8) is 0 Å². The van der Waals surface area contributed by atoms with Gasteiger partial charge in [0.1, 0.15) is 6.33 Å². The molecule has 3 N–H and O–H groups in total. The van der Waals surface area contributed by atoms with E-state index < -0.39 is 0 Å². The molecule has 18 heavy (non-hydrogen) atoms. The molecule has 0 aromatic carbocycles. The molecule has 0 spiro atoms. The maximum absolute atomic E-state index is 5.61. The molecular weight excluding hydrogens is 234 g/mol. The molecule has 0 atom stereocenters. The lowest BCUT2D eigenvalue weighted by atomic mass is 10.6. The average molecular weight is 249 g/mol. The van der Waals surface area contributed by atoms with Crippen molar-refractivity contribution in [2.24, 2.45) is 7.05 Å². The van der Waals surface area contributed by atoms with Gasteiger partial charge in [0.05, 0.1) is 6.54 Å². The third-order valence-corrected chi connectivity index (χ3v) is 2.25. The van der Waals surface area contributed by atoms with E-state index in [4.69, 9.17) is 5.73 Å². The second kappa shape index (κ2) is 4.82. The molecule has 2 aromatic rings. The summed E-state index contributed by atoms with van der Waals surface area (Å²) in [7, 11) is 5.53. The molecule has 9 heteroatoms. The lowest BCUT2D eigenvalue weighted by molar-refractivity contribution is 0.805. The highest BCUT2D eigenvalue weighted by Gasteiger charge is 2.07. The average Bonchev–Trinajstić information content (AvgIpc) is 2.71. The van der Waals surface area contributed by atoms with E-state index in [0.29, 0.717) is 18.4 Å². The van der Waals surface area contributed by atoms with E-state index in [2.05, 4.69) is 30.5 Å². The van der Waals surface area contributed by atoms with Crippen LogP contribution < -0.4 is 16.0 Å². The molecule has 0 fully saturated rings. The smallest absolute Gasteiger partial charge is 0.231 e. The first-order valence-corrected chi connectivity index (χ1v) is 5.32. The summed E-state index contributed by atoms with van der Waals surface area (Å²) in [5, 5.41) is 10.8. The Bertz CT molecular complexity index is 533. The van der Waals surface area contributed by atoms with Gasteiger partial charge in [-0.1, -0.05) is 0 Å². The number of hydrogen-bond acceptors (Lipinski definition) is 8. The molecule has 2 aromatic heterocycles. The fourth-order valence-corrected chi connectivity index (χ4v) is 1.29. The minimum Gasteiger partial charge on any atom is -0.368 e. The van der Waals surface area contributed by atoms with Gasteiger partial charge in [-0.05, 0) is 0 Å². The van der Waals surface area contributed by atoms with E-state index in [0.717, 1.165) is 5.82 Å². The van der Waals surface area contributed by atoms with Crippen LogP contribution in [0.5, 0.6) is 0 Å². The van der Waals surface area contributed by atoms with Gasteiger partial charge in [-0.2, -0.15) is 15.0 Å². The van der Waals surface area contributed by atoms with Crippen LogP contribution in [0.25, 0.3) is 0 Å². The van der Waals surface area contributed by atoms with E-state index in [1.54, 1.807) is 11.2 Å². The second-order valence-electron chi connectivity index (χ2n) is 3.92. The predicted octanol–water partition coefficient (Wildman–Crippen LogP) is -0.740. The first-order chi connectivity index (χ1) is 8.56. The van der Waals surface area contributed by atoms with E-state index in [-0.39, 0.29) is 5.95 Å². The van der Waals surface area contributed by atoms with Gasteiger partial charge in [-0.15, -0.1) is 10.2 Å². The molecule has 2 heterocycles. The number of hydrogen-bond donors (Lipinski definition) is 2. The summed E-state index contributed by atoms with van der Waals surface area (Å²) in [4.78, 5) is 14.0. The number of anilines is 3. The molecule has 9 nitrogen and oxygen atoms in total. The molecular formula is C9H15N9. The highest BCUT2D eigenvalue weighted by molar-refractivity contribution is 5.40. The molecule has 0 unspecified atom stereocenters. The van der Waals surface area contributed by atoms with Crippen molar-refractivity contribution in [3.05, 3.63) is 12.2 Å². The Kier molecular flexibility index (Phi) is 3.22. The maximum atomic E-state index is 5.61. The van der Waals surface area contributed by atoms with Crippen molar-refractivity contribution < 1.29 is 0 Å². The van der Waals surface area contributed by atoms with Crippen LogP contribution in [0.15, 0.2) is 6.33 Å². The molecule has 0 aliphatic carbocycles. The summed E-state index contributed by atoms with van der Waals surface area (Å²) in [5.74, 6) is 1.87. The molecule has 0 saturated carbocycles. The third-order valence-electron chi connectivity index (χ3n) is 2.25. The third kappa shape index (κ3) is 2.62. The Balaban J connectivity index is 2.12. The number of nitrogens with one attached hydrogen (secondary N) is 1. The van der Waals surface area contributed by atoms with Crippen molar-refractivity contribution in [2.75, 3.05) is 30.0 Å². The van der Waals surface area contributed by atoms with Crippen LogP contribution in [0.1, 0.15) is 5.82 Å². The van der Waals surface area contributed by atoms with Gasteiger partial charge in [0, 0.05) is 21.1 Å². The highest BCUT2D eigenvalue weighted by Crippen LogP contribution is 2.09. The van der Waals surface area contributed by atoms with E-state index in [9.17, 15) is 0 Å². The zero-order valence-corrected chi connectivity index (χ0v) is 10.5. The molecule has 0 aliphatic heterocycles. The summed E-state index contributed by atoms with van der Waals surface area (Å²) < 4.78 is 1.81. The van der Waals surface area contributed by atoms with E-state index in [1.165, 1.54) is 0 Å². The predicted molar refractivity (Wildman–Crippen MR) is 66.9 cm³/mol. The first kappa shape index (κ1) is 12.0. The summed E-state index contributed by atoms with van der Waals surface area (Å²) in [6.07, 6.45) is 1.63. The van der Waals surface area contributed by atoms with Crippen molar-refractivity contribution in [1.82, 2.24) is 29.7 Å². The number of rotatable bonds is 4. The van der Waals surface area contributed by atoms with Gasteiger partial charge < -0.3 is 20.5 Å². The molecule has 0 amide bonds. The van der Waals surface area contributed by atoms with Crippen LogP contribution in [0.4, 0.5) is 17.8 Å². The SMILES string of the molecule is CN(C)c1nc(N)nc(NCc2nncn2C)n1. The van der Waals surface area contributed by atoms with Gasteiger partial charge in [0.2, 0.25) is 17.8 Å². The number of nitrogens with zero attached hydrogens (tertiary/aromatic N) is 7. The molecule has 96 valence electrons. The number of aryl methyl sites for hydroxylation is 1. The van der Waals surface area contributed by atoms with Crippen molar-refractivity contribution in [2.45, 2.75) is 6.54 Å². The Morgan fingerprint density at radius 1 is 1.33 bits per heavy atom. The zero-order chi connectivity index (χ0) is 13.1. The highest BCUT2D eigenvalue weighted by atomic mass is 15.3. The molecule has 0 aliphatic rings. The first-order valence-electron chi connectivity index (χ1n) is 5.32. The monoisotopic (exact) mass is 249 g/mol.